The molecule has 2 aromatic rings. The maximum absolute atomic E-state index is 10.6. The highest BCUT2D eigenvalue weighted by Crippen LogP contribution is 2.42. The van der Waals surface area contributed by atoms with E-state index in [1.807, 2.05) is 24.3 Å². The van der Waals surface area contributed by atoms with Crippen LogP contribution in [0.15, 0.2) is 28.7 Å². The lowest BCUT2D eigenvalue weighted by Gasteiger charge is -2.16. The smallest absolute Gasteiger partial charge is 0.142 e. The molecule has 0 radical (unpaired) electrons. The number of hydrogen-bond donors (Lipinski definition) is 1. The van der Waals surface area contributed by atoms with E-state index in [0.29, 0.717) is 16.0 Å². The van der Waals surface area contributed by atoms with Crippen molar-refractivity contribution >= 4 is 27.3 Å². The number of hydrogen-bond acceptors (Lipinski definition) is 4. The fraction of sp³-hybridized carbons (Fsp3) is 0.333. The van der Waals surface area contributed by atoms with Gasteiger partial charge < -0.3 is 14.6 Å². The van der Waals surface area contributed by atoms with E-state index in [1.54, 1.807) is 25.6 Å². The molecule has 20 heavy (non-hydrogen) atoms. The molecule has 1 aromatic carbocycles. The molecule has 0 bridgehead atoms. The third-order valence-corrected chi connectivity index (χ3v) is 5.14. The molecule has 0 spiro atoms. The molecule has 0 aliphatic carbocycles. The van der Waals surface area contributed by atoms with Crippen LogP contribution in [0.1, 0.15) is 28.3 Å². The molecular formula is C15H17BrO3S. The molecule has 0 saturated carbocycles. The van der Waals surface area contributed by atoms with E-state index in [0.717, 1.165) is 16.9 Å². The van der Waals surface area contributed by atoms with E-state index in [2.05, 4.69) is 22.9 Å². The largest absolute Gasteiger partial charge is 0.495 e. The van der Waals surface area contributed by atoms with Crippen molar-refractivity contribution in [3.8, 4) is 11.5 Å². The van der Waals surface area contributed by atoms with Gasteiger partial charge in [-0.3, -0.25) is 0 Å². The van der Waals surface area contributed by atoms with Gasteiger partial charge in [0, 0.05) is 15.3 Å². The van der Waals surface area contributed by atoms with Crippen molar-refractivity contribution in [1.82, 2.24) is 0 Å². The lowest BCUT2D eigenvalue weighted by Crippen LogP contribution is -2.02. The Morgan fingerprint density at radius 2 is 1.95 bits per heavy atom. The third kappa shape index (κ3) is 2.85. The Morgan fingerprint density at radius 3 is 2.50 bits per heavy atom. The molecule has 0 amide bonds. The van der Waals surface area contributed by atoms with E-state index in [9.17, 15) is 5.11 Å². The predicted molar refractivity (Wildman–Crippen MR) is 85.0 cm³/mol. The van der Waals surface area contributed by atoms with Gasteiger partial charge in [0.1, 0.15) is 22.1 Å². The SMILES string of the molecule is CCc1ccc(C(O)c2ccc(OC)c(Br)c2OC)s1. The summed E-state index contributed by atoms with van der Waals surface area (Å²) in [6.07, 6.45) is 0.276. The summed E-state index contributed by atoms with van der Waals surface area (Å²) in [5, 5.41) is 10.6. The number of aryl methyl sites for hydroxylation is 1. The van der Waals surface area contributed by atoms with Crippen molar-refractivity contribution in [2.24, 2.45) is 0 Å². The minimum absolute atomic E-state index is 0.600. The average Bonchev–Trinajstić information content (AvgIpc) is 2.95. The molecule has 1 atom stereocenters. The Morgan fingerprint density at radius 1 is 1.20 bits per heavy atom. The van der Waals surface area contributed by atoms with Crippen molar-refractivity contribution in [1.29, 1.82) is 0 Å². The number of aliphatic hydroxyl groups excluding tert-OH is 1. The zero-order valence-corrected chi connectivity index (χ0v) is 14.0. The van der Waals surface area contributed by atoms with Crippen LogP contribution < -0.4 is 9.47 Å². The standard InChI is InChI=1S/C15H17BrO3S/c1-4-9-5-8-12(20-9)14(17)10-6-7-11(18-2)13(16)15(10)19-3/h5-8,14,17H,4H2,1-3H3. The van der Waals surface area contributed by atoms with Crippen LogP contribution in [-0.4, -0.2) is 19.3 Å². The number of aliphatic hydroxyl groups is 1. The van der Waals surface area contributed by atoms with E-state index in [-0.39, 0.29) is 0 Å². The van der Waals surface area contributed by atoms with Crippen LogP contribution in [0.25, 0.3) is 0 Å². The number of ether oxygens (including phenoxy) is 2. The van der Waals surface area contributed by atoms with Crippen LogP contribution in [0.4, 0.5) is 0 Å². The van der Waals surface area contributed by atoms with Crippen molar-refractivity contribution in [2.45, 2.75) is 19.4 Å². The van der Waals surface area contributed by atoms with Crippen LogP contribution in [0.2, 0.25) is 0 Å². The van der Waals surface area contributed by atoms with Crippen LogP contribution in [0, 0.1) is 0 Å². The molecule has 5 heteroatoms. The molecule has 3 nitrogen and oxygen atoms in total. The van der Waals surface area contributed by atoms with E-state index < -0.39 is 6.10 Å². The summed E-state index contributed by atoms with van der Waals surface area (Å²) in [6.45, 7) is 2.10. The van der Waals surface area contributed by atoms with Crippen molar-refractivity contribution in [2.75, 3.05) is 14.2 Å². The van der Waals surface area contributed by atoms with Gasteiger partial charge in [-0.1, -0.05) is 6.92 Å². The first-order valence-electron chi connectivity index (χ1n) is 6.29. The quantitative estimate of drug-likeness (QED) is 0.873. The fourth-order valence-electron chi connectivity index (χ4n) is 2.02. The molecule has 108 valence electrons. The summed E-state index contributed by atoms with van der Waals surface area (Å²) in [7, 11) is 3.18. The third-order valence-electron chi connectivity index (χ3n) is 3.11. The topological polar surface area (TPSA) is 38.7 Å². The number of rotatable bonds is 5. The van der Waals surface area contributed by atoms with Crippen LogP contribution in [0.5, 0.6) is 11.5 Å². The van der Waals surface area contributed by atoms with Gasteiger partial charge in [0.25, 0.3) is 0 Å². The first kappa shape index (κ1) is 15.4. The second-order valence-corrected chi connectivity index (χ2v) is 6.26. The van der Waals surface area contributed by atoms with Crippen molar-refractivity contribution in [3.05, 3.63) is 44.1 Å². The molecule has 0 aliphatic heterocycles. The molecule has 0 saturated heterocycles. The number of methoxy groups -OCH3 is 2. The Labute approximate surface area is 131 Å². The molecule has 1 heterocycles. The van der Waals surface area contributed by atoms with Crippen LogP contribution >= 0.6 is 27.3 Å². The predicted octanol–water partition coefficient (Wildman–Crippen LogP) is 4.17. The van der Waals surface area contributed by atoms with Gasteiger partial charge in [0.2, 0.25) is 0 Å². The minimum atomic E-state index is -0.697. The summed E-state index contributed by atoms with van der Waals surface area (Å²) >= 11 is 5.07. The summed E-state index contributed by atoms with van der Waals surface area (Å²) < 4.78 is 11.4. The minimum Gasteiger partial charge on any atom is -0.495 e. The molecule has 1 unspecified atom stereocenters. The molecule has 1 aromatic heterocycles. The van der Waals surface area contributed by atoms with Crippen LogP contribution in [0.3, 0.4) is 0 Å². The molecule has 2 rings (SSSR count). The van der Waals surface area contributed by atoms with Gasteiger partial charge in [-0.2, -0.15) is 0 Å². The second kappa shape index (κ2) is 6.61. The summed E-state index contributed by atoms with van der Waals surface area (Å²) in [5.41, 5.74) is 0.727. The van der Waals surface area contributed by atoms with Gasteiger partial charge >= 0.3 is 0 Å². The summed E-state index contributed by atoms with van der Waals surface area (Å²) in [5.74, 6) is 1.28. The highest BCUT2D eigenvalue weighted by Gasteiger charge is 2.21. The Kier molecular flexibility index (Phi) is 5.07. The maximum Gasteiger partial charge on any atom is 0.142 e. The first-order valence-corrected chi connectivity index (χ1v) is 7.90. The van der Waals surface area contributed by atoms with Crippen molar-refractivity contribution in [3.63, 3.8) is 0 Å². The second-order valence-electron chi connectivity index (χ2n) is 4.26. The molecule has 1 N–H and O–H groups in total. The average molecular weight is 357 g/mol. The van der Waals surface area contributed by atoms with Crippen molar-refractivity contribution < 1.29 is 14.6 Å². The fourth-order valence-corrected chi connectivity index (χ4v) is 3.66. The normalized spacial score (nSPS) is 12.2. The molecular weight excluding hydrogens is 340 g/mol. The van der Waals surface area contributed by atoms with Gasteiger partial charge in [0.15, 0.2) is 0 Å². The number of halogens is 1. The maximum atomic E-state index is 10.6. The number of thiophene rings is 1. The lowest BCUT2D eigenvalue weighted by molar-refractivity contribution is 0.218. The van der Waals surface area contributed by atoms with E-state index in [4.69, 9.17) is 9.47 Å². The Bertz CT molecular complexity index is 595. The first-order chi connectivity index (χ1) is 9.62. The molecule has 0 aliphatic rings. The Balaban J connectivity index is 2.43. The van der Waals surface area contributed by atoms with Gasteiger partial charge in [0.05, 0.1) is 14.2 Å². The molecule has 0 fully saturated rings. The zero-order valence-electron chi connectivity index (χ0n) is 11.6. The number of benzene rings is 1. The summed E-state index contributed by atoms with van der Waals surface area (Å²) in [6, 6.07) is 7.66. The monoisotopic (exact) mass is 356 g/mol. The van der Waals surface area contributed by atoms with Gasteiger partial charge in [-0.05, 0) is 46.6 Å². The van der Waals surface area contributed by atoms with E-state index in [1.165, 1.54) is 4.88 Å². The Hall–Kier alpha value is -1.04. The highest BCUT2D eigenvalue weighted by atomic mass is 79.9. The highest BCUT2D eigenvalue weighted by molar-refractivity contribution is 9.10. The van der Waals surface area contributed by atoms with E-state index >= 15 is 0 Å². The zero-order chi connectivity index (χ0) is 14.7. The van der Waals surface area contributed by atoms with Gasteiger partial charge in [-0.15, -0.1) is 11.3 Å². The van der Waals surface area contributed by atoms with Crippen LogP contribution in [-0.2, 0) is 6.42 Å². The van der Waals surface area contributed by atoms with Gasteiger partial charge in [-0.25, -0.2) is 0 Å². The summed E-state index contributed by atoms with van der Waals surface area (Å²) in [4.78, 5) is 2.17. The lowest BCUT2D eigenvalue weighted by atomic mass is 10.1.